The maximum Gasteiger partial charge on any atom is -0.0365 e. The third-order valence-corrected chi connectivity index (χ3v) is 3.35. The standard InChI is InChI=1S/C11H22.CH4.H2S/c1-8(2)11-6-5-9(3)7-10(11)4;;/h8-11H,5-7H2,1-4H3;1H4;1H2. The van der Waals surface area contributed by atoms with Crippen LogP contribution >= 0.6 is 13.5 Å². The zero-order chi connectivity index (χ0) is 8.43. The summed E-state index contributed by atoms with van der Waals surface area (Å²) in [7, 11) is 0. The van der Waals surface area contributed by atoms with E-state index in [4.69, 9.17) is 0 Å². The second kappa shape index (κ2) is 6.75. The van der Waals surface area contributed by atoms with Crippen molar-refractivity contribution in [1.29, 1.82) is 0 Å². The van der Waals surface area contributed by atoms with Gasteiger partial charge in [-0.05, 0) is 36.5 Å². The highest BCUT2D eigenvalue weighted by Gasteiger charge is 2.26. The van der Waals surface area contributed by atoms with Crippen LogP contribution in [0.4, 0.5) is 0 Å². The van der Waals surface area contributed by atoms with Crippen molar-refractivity contribution < 1.29 is 0 Å². The lowest BCUT2D eigenvalue weighted by Gasteiger charge is -2.35. The van der Waals surface area contributed by atoms with Gasteiger partial charge in [0.25, 0.3) is 0 Å². The van der Waals surface area contributed by atoms with Gasteiger partial charge in [-0.15, -0.1) is 0 Å². The van der Waals surface area contributed by atoms with Gasteiger partial charge in [-0.1, -0.05) is 41.5 Å². The van der Waals surface area contributed by atoms with E-state index in [1.165, 1.54) is 19.3 Å². The van der Waals surface area contributed by atoms with Crippen molar-refractivity contribution in [2.75, 3.05) is 0 Å². The van der Waals surface area contributed by atoms with E-state index in [0.29, 0.717) is 0 Å². The molecule has 3 unspecified atom stereocenters. The predicted octanol–water partition coefficient (Wildman–Crippen LogP) is 4.46. The summed E-state index contributed by atoms with van der Waals surface area (Å²) in [4.78, 5) is 0. The zero-order valence-electron chi connectivity index (χ0n) is 8.93. The van der Waals surface area contributed by atoms with Crippen LogP contribution in [-0.4, -0.2) is 0 Å². The molecule has 1 aliphatic carbocycles. The molecule has 1 aliphatic rings. The minimum absolute atomic E-state index is 0. The van der Waals surface area contributed by atoms with E-state index in [0.717, 1.165) is 23.7 Å². The molecule has 0 nitrogen and oxygen atoms in total. The molecule has 0 saturated heterocycles. The smallest absolute Gasteiger partial charge is 0.0365 e. The summed E-state index contributed by atoms with van der Waals surface area (Å²) in [6, 6.07) is 0. The molecular formula is C12H28S. The van der Waals surface area contributed by atoms with Crippen molar-refractivity contribution in [3.63, 3.8) is 0 Å². The Morgan fingerprint density at radius 2 is 1.62 bits per heavy atom. The number of hydrogen-bond acceptors (Lipinski definition) is 0. The first-order valence-corrected chi connectivity index (χ1v) is 5.11. The second-order valence-corrected chi connectivity index (χ2v) is 4.80. The molecule has 0 aliphatic heterocycles. The third-order valence-electron chi connectivity index (χ3n) is 3.35. The molecule has 0 aromatic rings. The van der Waals surface area contributed by atoms with Crippen LogP contribution in [0.25, 0.3) is 0 Å². The van der Waals surface area contributed by atoms with Crippen LogP contribution in [0.1, 0.15) is 54.4 Å². The van der Waals surface area contributed by atoms with Crippen LogP contribution in [0.15, 0.2) is 0 Å². The summed E-state index contributed by atoms with van der Waals surface area (Å²) >= 11 is 0. The lowest BCUT2D eigenvalue weighted by Crippen LogP contribution is -2.25. The molecule has 0 heterocycles. The Morgan fingerprint density at radius 3 is 2.00 bits per heavy atom. The van der Waals surface area contributed by atoms with Gasteiger partial charge in [0.05, 0.1) is 0 Å². The molecule has 0 radical (unpaired) electrons. The molecule has 82 valence electrons. The van der Waals surface area contributed by atoms with Gasteiger partial charge in [0, 0.05) is 0 Å². The molecular weight excluding hydrogens is 176 g/mol. The Hall–Kier alpha value is 0.350. The lowest BCUT2D eigenvalue weighted by molar-refractivity contribution is 0.158. The lowest BCUT2D eigenvalue weighted by atomic mass is 9.71. The van der Waals surface area contributed by atoms with Gasteiger partial charge >= 0.3 is 0 Å². The topological polar surface area (TPSA) is 0 Å². The minimum Gasteiger partial charge on any atom is -0.197 e. The fourth-order valence-electron chi connectivity index (χ4n) is 2.68. The predicted molar refractivity (Wildman–Crippen MR) is 67.6 cm³/mol. The average Bonchev–Trinajstić information content (AvgIpc) is 1.85. The van der Waals surface area contributed by atoms with E-state index < -0.39 is 0 Å². The highest BCUT2D eigenvalue weighted by molar-refractivity contribution is 7.59. The van der Waals surface area contributed by atoms with E-state index in [-0.39, 0.29) is 20.9 Å². The summed E-state index contributed by atoms with van der Waals surface area (Å²) in [5, 5.41) is 0. The van der Waals surface area contributed by atoms with Crippen LogP contribution in [-0.2, 0) is 0 Å². The van der Waals surface area contributed by atoms with Gasteiger partial charge in [0.2, 0.25) is 0 Å². The van der Waals surface area contributed by atoms with E-state index in [2.05, 4.69) is 27.7 Å². The fourth-order valence-corrected chi connectivity index (χ4v) is 2.68. The molecule has 0 amide bonds. The van der Waals surface area contributed by atoms with Crippen molar-refractivity contribution in [3.8, 4) is 0 Å². The van der Waals surface area contributed by atoms with Gasteiger partial charge in [-0.3, -0.25) is 0 Å². The molecule has 0 aromatic carbocycles. The van der Waals surface area contributed by atoms with E-state index in [1.54, 1.807) is 0 Å². The van der Waals surface area contributed by atoms with Gasteiger partial charge in [-0.25, -0.2) is 0 Å². The molecule has 3 atom stereocenters. The van der Waals surface area contributed by atoms with Gasteiger partial charge in [0.1, 0.15) is 0 Å². The average molecular weight is 204 g/mol. The number of rotatable bonds is 1. The van der Waals surface area contributed by atoms with Crippen molar-refractivity contribution in [1.82, 2.24) is 0 Å². The molecule has 1 heteroatoms. The molecule has 1 fully saturated rings. The summed E-state index contributed by atoms with van der Waals surface area (Å²) in [5.74, 6) is 3.86. The van der Waals surface area contributed by atoms with Gasteiger partial charge in [-0.2, -0.15) is 13.5 Å². The first kappa shape index (κ1) is 15.8. The van der Waals surface area contributed by atoms with Crippen molar-refractivity contribution in [2.24, 2.45) is 23.7 Å². The zero-order valence-corrected chi connectivity index (χ0v) is 9.93. The monoisotopic (exact) mass is 204 g/mol. The van der Waals surface area contributed by atoms with Crippen LogP contribution in [0.3, 0.4) is 0 Å². The van der Waals surface area contributed by atoms with Crippen molar-refractivity contribution in [2.45, 2.75) is 54.4 Å². The number of hydrogen-bond donors (Lipinski definition) is 0. The fraction of sp³-hybridized carbons (Fsp3) is 1.00. The van der Waals surface area contributed by atoms with Gasteiger partial charge in [0.15, 0.2) is 0 Å². The third kappa shape index (κ3) is 4.39. The SMILES string of the molecule is C.CC1CCC(C(C)C)C(C)C1.S. The normalized spacial score (nSPS) is 33.5. The highest BCUT2D eigenvalue weighted by atomic mass is 32.1. The summed E-state index contributed by atoms with van der Waals surface area (Å²) in [6.07, 6.45) is 4.40. The quantitative estimate of drug-likeness (QED) is 0.591. The van der Waals surface area contributed by atoms with E-state index in [9.17, 15) is 0 Å². The van der Waals surface area contributed by atoms with Gasteiger partial charge < -0.3 is 0 Å². The van der Waals surface area contributed by atoms with Crippen molar-refractivity contribution in [3.05, 3.63) is 0 Å². The van der Waals surface area contributed by atoms with Crippen LogP contribution < -0.4 is 0 Å². The molecule has 0 N–H and O–H groups in total. The molecule has 0 aromatic heterocycles. The van der Waals surface area contributed by atoms with E-state index >= 15 is 0 Å². The molecule has 0 bridgehead atoms. The van der Waals surface area contributed by atoms with Crippen LogP contribution in [0.2, 0.25) is 0 Å². The maximum absolute atomic E-state index is 2.43. The van der Waals surface area contributed by atoms with Crippen LogP contribution in [0, 0.1) is 23.7 Å². The Balaban J connectivity index is 0. The molecule has 1 rings (SSSR count). The Morgan fingerprint density at radius 1 is 1.08 bits per heavy atom. The maximum atomic E-state index is 2.43. The largest absolute Gasteiger partial charge is 0.197 e. The van der Waals surface area contributed by atoms with Crippen molar-refractivity contribution >= 4 is 13.5 Å². The summed E-state index contributed by atoms with van der Waals surface area (Å²) in [6.45, 7) is 9.57. The first-order valence-electron chi connectivity index (χ1n) is 5.11. The Bertz CT molecular complexity index is 120. The molecule has 0 spiro atoms. The van der Waals surface area contributed by atoms with E-state index in [1.807, 2.05) is 0 Å². The Labute approximate surface area is 91.9 Å². The first-order chi connectivity index (χ1) is 5.11. The van der Waals surface area contributed by atoms with Crippen LogP contribution in [0.5, 0.6) is 0 Å². The summed E-state index contributed by atoms with van der Waals surface area (Å²) in [5.41, 5.74) is 0. The summed E-state index contributed by atoms with van der Waals surface area (Å²) < 4.78 is 0. The Kier molecular flexibility index (Phi) is 8.21. The highest BCUT2D eigenvalue weighted by Crippen LogP contribution is 2.37. The molecule has 1 saturated carbocycles. The molecule has 13 heavy (non-hydrogen) atoms. The minimum atomic E-state index is 0. The second-order valence-electron chi connectivity index (χ2n) is 4.80.